The summed E-state index contributed by atoms with van der Waals surface area (Å²) in [5, 5.41) is 9.04. The molecule has 1 aromatic carbocycles. The summed E-state index contributed by atoms with van der Waals surface area (Å²) in [5.74, 6) is -0.983. The van der Waals surface area contributed by atoms with Gasteiger partial charge in [-0.2, -0.15) is 0 Å². The molecule has 0 atom stereocenters. The maximum atomic E-state index is 11.0. The fourth-order valence-corrected chi connectivity index (χ4v) is 3.44. The average molecular weight is 351 g/mol. The highest BCUT2D eigenvalue weighted by Gasteiger charge is 2.38. The Morgan fingerprint density at radius 2 is 1.88 bits per heavy atom. The molecular formula is C22H25NO3. The van der Waals surface area contributed by atoms with E-state index >= 15 is 0 Å². The number of carboxylic acids is 1. The van der Waals surface area contributed by atoms with Crippen LogP contribution in [0.2, 0.25) is 0 Å². The van der Waals surface area contributed by atoms with Crippen LogP contribution in [0.4, 0.5) is 0 Å². The summed E-state index contributed by atoms with van der Waals surface area (Å²) in [7, 11) is 0. The monoisotopic (exact) mass is 351 g/mol. The van der Waals surface area contributed by atoms with Gasteiger partial charge in [0.1, 0.15) is 0 Å². The SMILES string of the molecule is C=C(c1ccc(C(=O)O)cn1)c1cc2c(cc1C)C(C)(C)OCC2(C)C. The van der Waals surface area contributed by atoms with Gasteiger partial charge in [-0.15, -0.1) is 0 Å². The van der Waals surface area contributed by atoms with Crippen molar-refractivity contribution in [3.05, 3.63) is 70.6 Å². The van der Waals surface area contributed by atoms with E-state index in [0.29, 0.717) is 12.3 Å². The number of fused-ring (bicyclic) bond motifs is 1. The van der Waals surface area contributed by atoms with Crippen molar-refractivity contribution in [2.75, 3.05) is 6.61 Å². The van der Waals surface area contributed by atoms with Crippen LogP contribution in [0, 0.1) is 6.92 Å². The number of nitrogens with zero attached hydrogens (tertiary/aromatic N) is 1. The molecule has 26 heavy (non-hydrogen) atoms. The smallest absolute Gasteiger partial charge is 0.337 e. The van der Waals surface area contributed by atoms with E-state index in [2.05, 4.69) is 58.3 Å². The first kappa shape index (κ1) is 18.3. The maximum absolute atomic E-state index is 11.0. The minimum Gasteiger partial charge on any atom is -0.478 e. The van der Waals surface area contributed by atoms with Crippen LogP contribution >= 0.6 is 0 Å². The zero-order valence-corrected chi connectivity index (χ0v) is 16.0. The summed E-state index contributed by atoms with van der Waals surface area (Å²) in [5.41, 5.74) is 5.84. The van der Waals surface area contributed by atoms with Gasteiger partial charge in [-0.3, -0.25) is 4.98 Å². The number of aromatic carboxylic acids is 1. The van der Waals surface area contributed by atoms with Crippen molar-refractivity contribution < 1.29 is 14.6 Å². The number of carbonyl (C=O) groups is 1. The van der Waals surface area contributed by atoms with Crippen LogP contribution in [-0.2, 0) is 15.8 Å². The number of hydrogen-bond acceptors (Lipinski definition) is 3. The standard InChI is InChI=1S/C22H25NO3/c1-13-9-18-17(21(3,4)12-26-22(18,5)6)10-16(13)14(2)19-8-7-15(11-23-19)20(24)25/h7-11H,2,12H2,1,3-6H3,(H,24,25). The van der Waals surface area contributed by atoms with Crippen LogP contribution in [0.5, 0.6) is 0 Å². The highest BCUT2D eigenvalue weighted by molar-refractivity contribution is 5.88. The summed E-state index contributed by atoms with van der Waals surface area (Å²) in [6, 6.07) is 7.65. The van der Waals surface area contributed by atoms with Crippen LogP contribution in [0.15, 0.2) is 37.0 Å². The predicted molar refractivity (Wildman–Crippen MR) is 103 cm³/mol. The lowest BCUT2D eigenvalue weighted by atomic mass is 9.73. The lowest BCUT2D eigenvalue weighted by Gasteiger charge is -2.42. The summed E-state index contributed by atoms with van der Waals surface area (Å²) >= 11 is 0. The molecule has 4 heteroatoms. The van der Waals surface area contributed by atoms with E-state index in [1.54, 1.807) is 12.1 Å². The second-order valence-corrected chi connectivity index (χ2v) is 8.11. The molecule has 2 aromatic rings. The first-order valence-electron chi connectivity index (χ1n) is 8.71. The van der Waals surface area contributed by atoms with E-state index in [-0.39, 0.29) is 16.6 Å². The Hall–Kier alpha value is -2.46. The predicted octanol–water partition coefficient (Wildman–Crippen LogP) is 4.69. The van der Waals surface area contributed by atoms with Gasteiger partial charge in [0.05, 0.1) is 23.5 Å². The lowest BCUT2D eigenvalue weighted by molar-refractivity contribution is -0.0588. The molecule has 0 bridgehead atoms. The Balaban J connectivity index is 2.09. The van der Waals surface area contributed by atoms with Gasteiger partial charge < -0.3 is 9.84 Å². The van der Waals surface area contributed by atoms with E-state index in [9.17, 15) is 4.79 Å². The normalized spacial score (nSPS) is 17.4. The number of carboxylic acid groups (broad SMARTS) is 1. The number of aryl methyl sites for hydroxylation is 1. The summed E-state index contributed by atoms with van der Waals surface area (Å²) < 4.78 is 6.09. The molecule has 3 rings (SSSR count). The highest BCUT2D eigenvalue weighted by atomic mass is 16.5. The minimum absolute atomic E-state index is 0.0891. The maximum Gasteiger partial charge on any atom is 0.337 e. The number of ether oxygens (including phenoxy) is 1. The van der Waals surface area contributed by atoms with Gasteiger partial charge in [0, 0.05) is 17.2 Å². The molecule has 0 saturated heterocycles. The minimum atomic E-state index is -0.983. The molecule has 136 valence electrons. The lowest BCUT2D eigenvalue weighted by Crippen LogP contribution is -2.40. The summed E-state index contributed by atoms with van der Waals surface area (Å²) in [6.07, 6.45) is 1.37. The molecule has 0 radical (unpaired) electrons. The molecule has 1 aliphatic heterocycles. The van der Waals surface area contributed by atoms with Crippen molar-refractivity contribution in [1.82, 2.24) is 4.98 Å². The number of aromatic nitrogens is 1. The summed E-state index contributed by atoms with van der Waals surface area (Å²) in [4.78, 5) is 15.3. The van der Waals surface area contributed by atoms with Crippen LogP contribution in [0.1, 0.15) is 66.0 Å². The molecule has 1 aliphatic rings. The van der Waals surface area contributed by atoms with Crippen molar-refractivity contribution in [3.63, 3.8) is 0 Å². The molecule has 4 nitrogen and oxygen atoms in total. The third kappa shape index (κ3) is 3.06. The second kappa shape index (κ2) is 6.06. The van der Waals surface area contributed by atoms with Gasteiger partial charge in [-0.05, 0) is 61.2 Å². The molecule has 0 fully saturated rings. The van der Waals surface area contributed by atoms with E-state index in [1.165, 1.54) is 17.3 Å². The van der Waals surface area contributed by atoms with Crippen LogP contribution in [0.3, 0.4) is 0 Å². The van der Waals surface area contributed by atoms with E-state index < -0.39 is 5.97 Å². The Morgan fingerprint density at radius 3 is 2.46 bits per heavy atom. The average Bonchev–Trinajstić information content (AvgIpc) is 2.58. The number of hydrogen-bond donors (Lipinski definition) is 1. The molecule has 1 aromatic heterocycles. The van der Waals surface area contributed by atoms with Crippen molar-refractivity contribution in [2.24, 2.45) is 0 Å². The first-order valence-corrected chi connectivity index (χ1v) is 8.71. The van der Waals surface area contributed by atoms with Crippen LogP contribution in [0.25, 0.3) is 5.57 Å². The van der Waals surface area contributed by atoms with Gasteiger partial charge >= 0.3 is 5.97 Å². The fraction of sp³-hybridized carbons (Fsp3) is 0.364. The summed E-state index contributed by atoms with van der Waals surface area (Å²) in [6.45, 7) is 15.5. The van der Waals surface area contributed by atoms with E-state index in [1.807, 2.05) is 0 Å². The molecule has 2 heterocycles. The Labute approximate surface area is 154 Å². The van der Waals surface area contributed by atoms with Gasteiger partial charge in [0.15, 0.2) is 0 Å². The Bertz CT molecular complexity index is 892. The molecule has 0 unspecified atom stereocenters. The third-order valence-electron chi connectivity index (χ3n) is 5.18. The third-order valence-corrected chi connectivity index (χ3v) is 5.18. The van der Waals surface area contributed by atoms with Crippen molar-refractivity contribution in [3.8, 4) is 0 Å². The first-order chi connectivity index (χ1) is 12.0. The van der Waals surface area contributed by atoms with Gasteiger partial charge in [-0.25, -0.2) is 4.79 Å². The molecule has 1 N–H and O–H groups in total. The number of benzene rings is 1. The van der Waals surface area contributed by atoms with Gasteiger partial charge in [-0.1, -0.05) is 26.5 Å². The fourth-order valence-electron chi connectivity index (χ4n) is 3.44. The Kier molecular flexibility index (Phi) is 4.27. The quantitative estimate of drug-likeness (QED) is 0.871. The van der Waals surface area contributed by atoms with E-state index in [4.69, 9.17) is 9.84 Å². The molecular weight excluding hydrogens is 326 g/mol. The van der Waals surface area contributed by atoms with Crippen molar-refractivity contribution in [1.29, 1.82) is 0 Å². The topological polar surface area (TPSA) is 59.4 Å². The number of pyridine rings is 1. The van der Waals surface area contributed by atoms with Crippen molar-refractivity contribution >= 4 is 11.5 Å². The number of rotatable bonds is 3. The molecule has 0 amide bonds. The largest absolute Gasteiger partial charge is 0.478 e. The molecule has 0 spiro atoms. The highest BCUT2D eigenvalue weighted by Crippen LogP contribution is 2.43. The van der Waals surface area contributed by atoms with Crippen LogP contribution < -0.4 is 0 Å². The van der Waals surface area contributed by atoms with E-state index in [0.717, 1.165) is 16.7 Å². The molecule has 0 saturated carbocycles. The second-order valence-electron chi connectivity index (χ2n) is 8.11. The van der Waals surface area contributed by atoms with Gasteiger partial charge in [0.2, 0.25) is 0 Å². The van der Waals surface area contributed by atoms with Crippen molar-refractivity contribution in [2.45, 2.75) is 45.6 Å². The van der Waals surface area contributed by atoms with Crippen LogP contribution in [-0.4, -0.2) is 22.7 Å². The zero-order valence-electron chi connectivity index (χ0n) is 16.0. The van der Waals surface area contributed by atoms with Gasteiger partial charge in [0.25, 0.3) is 0 Å². The zero-order chi connectivity index (χ0) is 19.3. The molecule has 0 aliphatic carbocycles. The Morgan fingerprint density at radius 1 is 1.19 bits per heavy atom.